The quantitative estimate of drug-likeness (QED) is 0.633. The predicted molar refractivity (Wildman–Crippen MR) is 79.3 cm³/mol. The number of allylic oxidation sites excluding steroid dienone is 5. The van der Waals surface area contributed by atoms with Crippen LogP contribution in [-0.4, -0.2) is 0 Å². The van der Waals surface area contributed by atoms with Gasteiger partial charge in [-0.3, -0.25) is 0 Å². The molecule has 0 aromatic rings. The summed E-state index contributed by atoms with van der Waals surface area (Å²) in [5, 5.41) is 3.53. The molecule has 4 aliphatic rings. The highest BCUT2D eigenvalue weighted by Crippen LogP contribution is 2.61. The zero-order chi connectivity index (χ0) is 13.1. The molecule has 1 heteroatoms. The van der Waals surface area contributed by atoms with Crippen molar-refractivity contribution >= 4 is 0 Å². The third-order valence-corrected chi connectivity index (χ3v) is 6.69. The van der Waals surface area contributed by atoms with E-state index in [-0.39, 0.29) is 0 Å². The number of hydrogen-bond acceptors (Lipinski definition) is 1. The SMILES string of the molecule is C[C@]12CC=CNC1=CC[C@H]1[C@@H]2CC[C@@]2(C)C=CC[C@@H]12. The Hall–Kier alpha value is -0.980. The molecule has 1 N–H and O–H groups in total. The first kappa shape index (κ1) is 11.8. The Morgan fingerprint density at radius 3 is 2.95 bits per heavy atom. The minimum atomic E-state index is 0.377. The van der Waals surface area contributed by atoms with Crippen molar-refractivity contribution in [3.05, 3.63) is 36.2 Å². The molecule has 5 atom stereocenters. The lowest BCUT2D eigenvalue weighted by Gasteiger charge is -2.55. The van der Waals surface area contributed by atoms with Crippen molar-refractivity contribution in [3.63, 3.8) is 0 Å². The van der Waals surface area contributed by atoms with Gasteiger partial charge in [-0.05, 0) is 61.5 Å². The summed E-state index contributed by atoms with van der Waals surface area (Å²) < 4.78 is 0. The lowest BCUT2D eigenvalue weighted by Crippen LogP contribution is -2.49. The first-order valence-corrected chi connectivity index (χ1v) is 7.93. The highest BCUT2D eigenvalue weighted by molar-refractivity contribution is 5.27. The van der Waals surface area contributed by atoms with Crippen LogP contribution in [0.5, 0.6) is 0 Å². The molecule has 1 nitrogen and oxygen atoms in total. The Bertz CT molecular complexity index is 486. The Kier molecular flexibility index (Phi) is 2.35. The van der Waals surface area contributed by atoms with Gasteiger partial charge in [0, 0.05) is 11.1 Å². The van der Waals surface area contributed by atoms with Crippen molar-refractivity contribution in [3.8, 4) is 0 Å². The van der Waals surface area contributed by atoms with Crippen molar-refractivity contribution in [2.24, 2.45) is 28.6 Å². The number of hydrogen-bond donors (Lipinski definition) is 1. The van der Waals surface area contributed by atoms with Gasteiger partial charge >= 0.3 is 0 Å². The molecule has 0 aromatic heterocycles. The van der Waals surface area contributed by atoms with E-state index in [0.717, 1.165) is 17.8 Å². The van der Waals surface area contributed by atoms with Gasteiger partial charge < -0.3 is 5.32 Å². The van der Waals surface area contributed by atoms with E-state index in [1.54, 1.807) is 0 Å². The largest absolute Gasteiger partial charge is 0.365 e. The van der Waals surface area contributed by atoms with Crippen LogP contribution in [0, 0.1) is 28.6 Å². The zero-order valence-corrected chi connectivity index (χ0v) is 12.2. The van der Waals surface area contributed by atoms with Gasteiger partial charge in [-0.2, -0.15) is 0 Å². The summed E-state index contributed by atoms with van der Waals surface area (Å²) in [6.45, 7) is 5.00. The topological polar surface area (TPSA) is 12.0 Å². The van der Waals surface area contributed by atoms with E-state index in [1.165, 1.54) is 37.8 Å². The third-order valence-electron chi connectivity index (χ3n) is 6.69. The van der Waals surface area contributed by atoms with Gasteiger partial charge in [-0.25, -0.2) is 0 Å². The molecular weight excluding hydrogens is 230 g/mol. The normalized spacial score (nSPS) is 50.8. The van der Waals surface area contributed by atoms with Crippen LogP contribution >= 0.6 is 0 Å². The van der Waals surface area contributed by atoms with E-state index < -0.39 is 0 Å². The van der Waals surface area contributed by atoms with Gasteiger partial charge in [0.15, 0.2) is 0 Å². The third kappa shape index (κ3) is 1.48. The molecule has 0 aromatic carbocycles. The van der Waals surface area contributed by atoms with E-state index in [9.17, 15) is 0 Å². The number of fused-ring (bicyclic) bond motifs is 5. The molecular formula is C18H25N. The van der Waals surface area contributed by atoms with Gasteiger partial charge in [-0.15, -0.1) is 0 Å². The molecule has 0 unspecified atom stereocenters. The summed E-state index contributed by atoms with van der Waals surface area (Å²) in [6.07, 6.45) is 18.6. The molecule has 0 spiro atoms. The first-order chi connectivity index (χ1) is 9.13. The first-order valence-electron chi connectivity index (χ1n) is 7.93. The Labute approximate surface area is 116 Å². The second-order valence-corrected chi connectivity index (χ2v) is 7.58. The maximum absolute atomic E-state index is 3.53. The van der Waals surface area contributed by atoms with Crippen LogP contribution in [0.15, 0.2) is 36.2 Å². The fraction of sp³-hybridized carbons (Fsp3) is 0.667. The minimum absolute atomic E-state index is 0.377. The lowest BCUT2D eigenvalue weighted by atomic mass is 9.50. The van der Waals surface area contributed by atoms with Gasteiger partial charge in [0.05, 0.1) is 0 Å². The second-order valence-electron chi connectivity index (χ2n) is 7.58. The van der Waals surface area contributed by atoms with Crippen LogP contribution in [0.25, 0.3) is 0 Å². The van der Waals surface area contributed by atoms with Crippen LogP contribution in [0.2, 0.25) is 0 Å². The van der Waals surface area contributed by atoms with E-state index >= 15 is 0 Å². The van der Waals surface area contributed by atoms with Crippen molar-refractivity contribution < 1.29 is 0 Å². The highest BCUT2D eigenvalue weighted by Gasteiger charge is 2.53. The fourth-order valence-corrected chi connectivity index (χ4v) is 5.51. The second kappa shape index (κ2) is 3.77. The van der Waals surface area contributed by atoms with E-state index in [1.807, 2.05) is 0 Å². The van der Waals surface area contributed by atoms with E-state index in [2.05, 4.69) is 49.7 Å². The Morgan fingerprint density at radius 2 is 2.05 bits per heavy atom. The minimum Gasteiger partial charge on any atom is -0.365 e. The van der Waals surface area contributed by atoms with E-state index in [4.69, 9.17) is 0 Å². The van der Waals surface area contributed by atoms with Gasteiger partial charge in [0.1, 0.15) is 0 Å². The summed E-state index contributed by atoms with van der Waals surface area (Å²) in [4.78, 5) is 0. The maximum atomic E-state index is 3.53. The average molecular weight is 255 g/mol. The number of rotatable bonds is 0. The average Bonchev–Trinajstić information content (AvgIpc) is 2.79. The molecule has 1 heterocycles. The molecule has 3 aliphatic carbocycles. The molecule has 0 radical (unpaired) electrons. The molecule has 19 heavy (non-hydrogen) atoms. The molecule has 0 bridgehead atoms. The van der Waals surface area contributed by atoms with Crippen LogP contribution in [0.1, 0.15) is 46.0 Å². The van der Waals surface area contributed by atoms with E-state index in [0.29, 0.717) is 10.8 Å². The summed E-state index contributed by atoms with van der Waals surface area (Å²) in [5.74, 6) is 2.67. The zero-order valence-electron chi connectivity index (χ0n) is 12.2. The summed E-state index contributed by atoms with van der Waals surface area (Å²) in [7, 11) is 0. The van der Waals surface area contributed by atoms with Crippen LogP contribution in [0.4, 0.5) is 0 Å². The maximum Gasteiger partial charge on any atom is 0.0172 e. The number of nitrogens with one attached hydrogen (secondary N) is 1. The standard InChI is InChI=1S/C18H25N/c1-17-9-3-5-14(17)13-6-7-16-18(2,10-4-12-19-16)15(13)8-11-17/h3-4,7,9,12-15,19H,5-6,8,10-11H2,1-2H3/t13-,14+,15+,17-,18-/m1/s1. The highest BCUT2D eigenvalue weighted by atomic mass is 14.9. The molecule has 4 rings (SSSR count). The smallest absolute Gasteiger partial charge is 0.0172 e. The van der Waals surface area contributed by atoms with Crippen LogP contribution in [-0.2, 0) is 0 Å². The van der Waals surface area contributed by atoms with Crippen LogP contribution in [0.3, 0.4) is 0 Å². The molecule has 102 valence electrons. The monoisotopic (exact) mass is 255 g/mol. The summed E-state index contributed by atoms with van der Waals surface area (Å²) >= 11 is 0. The van der Waals surface area contributed by atoms with Gasteiger partial charge in [0.2, 0.25) is 0 Å². The molecule has 1 fully saturated rings. The van der Waals surface area contributed by atoms with Crippen molar-refractivity contribution in [1.82, 2.24) is 5.32 Å². The fourth-order valence-electron chi connectivity index (χ4n) is 5.51. The molecule has 1 saturated carbocycles. The van der Waals surface area contributed by atoms with Crippen molar-refractivity contribution in [2.75, 3.05) is 0 Å². The summed E-state index contributed by atoms with van der Waals surface area (Å²) in [5.41, 5.74) is 2.38. The van der Waals surface area contributed by atoms with Gasteiger partial charge in [0.25, 0.3) is 0 Å². The molecule has 1 aliphatic heterocycles. The Morgan fingerprint density at radius 1 is 1.16 bits per heavy atom. The van der Waals surface area contributed by atoms with Crippen LogP contribution < -0.4 is 5.32 Å². The molecule has 0 amide bonds. The Balaban J connectivity index is 1.72. The van der Waals surface area contributed by atoms with Crippen molar-refractivity contribution in [2.45, 2.75) is 46.0 Å². The van der Waals surface area contributed by atoms with Crippen molar-refractivity contribution in [1.29, 1.82) is 0 Å². The molecule has 0 saturated heterocycles. The summed E-state index contributed by atoms with van der Waals surface area (Å²) in [6, 6.07) is 0. The predicted octanol–water partition coefficient (Wildman–Crippen LogP) is 4.40. The van der Waals surface area contributed by atoms with Gasteiger partial charge in [-0.1, -0.05) is 38.2 Å². The lowest BCUT2D eigenvalue weighted by molar-refractivity contribution is -0.00519.